The lowest BCUT2D eigenvalue weighted by Gasteiger charge is -2.54. The first-order valence-electron chi connectivity index (χ1n) is 12.3. The van der Waals surface area contributed by atoms with E-state index in [4.69, 9.17) is 4.74 Å². The van der Waals surface area contributed by atoms with Crippen molar-refractivity contribution in [2.24, 2.45) is 11.3 Å². The van der Waals surface area contributed by atoms with Crippen LogP contribution in [0.15, 0.2) is 60.0 Å². The molecule has 5 nitrogen and oxygen atoms in total. The average molecular weight is 446 g/mol. The van der Waals surface area contributed by atoms with Gasteiger partial charge < -0.3 is 20.1 Å². The monoisotopic (exact) mass is 445 g/mol. The van der Waals surface area contributed by atoms with Gasteiger partial charge in [0.25, 0.3) is 0 Å². The summed E-state index contributed by atoms with van der Waals surface area (Å²) in [6.45, 7) is 2.33. The first-order chi connectivity index (χ1) is 15.8. The maximum absolute atomic E-state index is 11.4. The van der Waals surface area contributed by atoms with Crippen molar-refractivity contribution in [1.82, 2.24) is 4.98 Å². The molecule has 0 amide bonds. The Morgan fingerprint density at radius 3 is 2.79 bits per heavy atom. The van der Waals surface area contributed by atoms with Gasteiger partial charge in [0.1, 0.15) is 0 Å². The SMILES string of the molecule is C[C@]12CC=C3C=C4C[C@H](O)[C@@H](O)C[C@]45CCC3(O5)[C@@H]1C[C@@H](O)C2c1ccc2ccncc2c1. The van der Waals surface area contributed by atoms with E-state index < -0.39 is 29.5 Å². The Labute approximate surface area is 193 Å². The van der Waals surface area contributed by atoms with Gasteiger partial charge in [-0.3, -0.25) is 4.98 Å². The summed E-state index contributed by atoms with van der Waals surface area (Å²) in [4.78, 5) is 4.29. The number of aliphatic hydroxyl groups excluding tert-OH is 3. The third-order valence-corrected chi connectivity index (χ3v) is 9.81. The number of rotatable bonds is 1. The predicted molar refractivity (Wildman–Crippen MR) is 125 cm³/mol. The minimum Gasteiger partial charge on any atom is -0.392 e. The van der Waals surface area contributed by atoms with E-state index >= 15 is 0 Å². The molecule has 2 saturated carbocycles. The van der Waals surface area contributed by atoms with E-state index in [-0.39, 0.29) is 17.3 Å². The fourth-order valence-electron chi connectivity index (χ4n) is 8.27. The molecule has 3 fully saturated rings. The van der Waals surface area contributed by atoms with Gasteiger partial charge in [0, 0.05) is 36.0 Å². The molecule has 7 rings (SSSR count). The number of ether oxygens (including phenoxy) is 1. The minimum absolute atomic E-state index is 0.0311. The number of aliphatic hydroxyl groups is 3. The van der Waals surface area contributed by atoms with E-state index in [9.17, 15) is 15.3 Å². The molecule has 2 bridgehead atoms. The maximum atomic E-state index is 11.4. The molecule has 8 atom stereocenters. The van der Waals surface area contributed by atoms with Crippen molar-refractivity contribution < 1.29 is 20.1 Å². The Hall–Kier alpha value is -2.05. The van der Waals surface area contributed by atoms with Crippen molar-refractivity contribution in [2.45, 2.75) is 80.9 Å². The smallest absolute Gasteiger partial charge is 0.0975 e. The molecule has 3 aliphatic carbocycles. The second-order valence-corrected chi connectivity index (χ2v) is 11.4. The third-order valence-electron chi connectivity index (χ3n) is 9.81. The Kier molecular flexibility index (Phi) is 4.03. The highest BCUT2D eigenvalue weighted by molar-refractivity contribution is 5.82. The molecule has 5 heteroatoms. The highest BCUT2D eigenvalue weighted by Crippen LogP contribution is 2.69. The number of nitrogens with zero attached hydrogens (tertiary/aromatic N) is 1. The van der Waals surface area contributed by atoms with Gasteiger partial charge in [0.2, 0.25) is 0 Å². The van der Waals surface area contributed by atoms with Crippen LogP contribution in [0.4, 0.5) is 0 Å². The van der Waals surface area contributed by atoms with Gasteiger partial charge in [-0.25, -0.2) is 0 Å². The van der Waals surface area contributed by atoms with Gasteiger partial charge >= 0.3 is 0 Å². The predicted octanol–water partition coefficient (Wildman–Crippen LogP) is 3.78. The normalized spacial score (nSPS) is 45.8. The van der Waals surface area contributed by atoms with E-state index in [0.29, 0.717) is 19.3 Å². The zero-order valence-corrected chi connectivity index (χ0v) is 18.9. The number of hydrogen-bond donors (Lipinski definition) is 3. The Bertz CT molecular complexity index is 1220. The Morgan fingerprint density at radius 1 is 1.03 bits per heavy atom. The third kappa shape index (κ3) is 2.54. The molecule has 3 heterocycles. The fourth-order valence-corrected chi connectivity index (χ4v) is 8.27. The summed E-state index contributed by atoms with van der Waals surface area (Å²) in [5.41, 5.74) is 2.55. The van der Waals surface area contributed by atoms with Crippen LogP contribution in [0.3, 0.4) is 0 Å². The molecule has 33 heavy (non-hydrogen) atoms. The lowest BCUT2D eigenvalue weighted by molar-refractivity contribution is -0.157. The van der Waals surface area contributed by atoms with Gasteiger partial charge in [0.05, 0.1) is 29.5 Å². The van der Waals surface area contributed by atoms with E-state index in [1.807, 2.05) is 18.5 Å². The lowest BCUT2D eigenvalue weighted by Crippen LogP contribution is -2.55. The van der Waals surface area contributed by atoms with Crippen LogP contribution in [0.5, 0.6) is 0 Å². The van der Waals surface area contributed by atoms with Gasteiger partial charge in [0.15, 0.2) is 0 Å². The molecule has 2 spiro atoms. The summed E-state index contributed by atoms with van der Waals surface area (Å²) >= 11 is 0. The summed E-state index contributed by atoms with van der Waals surface area (Å²) < 4.78 is 7.05. The molecule has 1 saturated heterocycles. The van der Waals surface area contributed by atoms with Gasteiger partial charge in [-0.1, -0.05) is 31.2 Å². The Morgan fingerprint density at radius 2 is 1.91 bits per heavy atom. The van der Waals surface area contributed by atoms with Crippen LogP contribution in [0.2, 0.25) is 0 Å². The highest BCUT2D eigenvalue weighted by Gasteiger charge is 2.68. The van der Waals surface area contributed by atoms with Crippen LogP contribution in [0.1, 0.15) is 56.9 Å². The second kappa shape index (κ2) is 6.54. The van der Waals surface area contributed by atoms with E-state index in [2.05, 4.69) is 42.3 Å². The summed E-state index contributed by atoms with van der Waals surface area (Å²) in [7, 11) is 0. The summed E-state index contributed by atoms with van der Waals surface area (Å²) in [6.07, 6.45) is 10.8. The average Bonchev–Trinajstić information content (AvgIpc) is 3.26. The Balaban J connectivity index is 1.32. The molecule has 1 aromatic carbocycles. The number of fused-ring (bicyclic) bond motifs is 2. The standard InChI is InChI=1S/C28H31NO4/c1-26-6-4-19-11-20-12-21(30)23(32)14-27(20)7-8-28(19,33-27)24(26)13-22(31)25(26)17-3-2-16-5-9-29-15-18(16)10-17/h2-5,9-11,15,21-25,30-32H,6-8,12-14H2,1H3/t21-,22+,23-,24+,25?,26-,27+,28?/m0/s1. The molecule has 0 radical (unpaired) electrons. The largest absolute Gasteiger partial charge is 0.392 e. The van der Waals surface area contributed by atoms with E-state index in [1.54, 1.807) is 0 Å². The molecular formula is C28H31NO4. The molecule has 2 aliphatic heterocycles. The fraction of sp³-hybridized carbons (Fsp3) is 0.536. The number of aromatic nitrogens is 1. The van der Waals surface area contributed by atoms with Crippen LogP contribution in [0, 0.1) is 11.3 Å². The van der Waals surface area contributed by atoms with Crippen molar-refractivity contribution in [3.05, 3.63) is 65.5 Å². The van der Waals surface area contributed by atoms with Crippen LogP contribution in [0.25, 0.3) is 10.8 Å². The van der Waals surface area contributed by atoms with Crippen LogP contribution >= 0.6 is 0 Å². The minimum atomic E-state index is -0.745. The highest BCUT2D eigenvalue weighted by atomic mass is 16.5. The number of hydrogen-bond acceptors (Lipinski definition) is 5. The number of benzene rings is 1. The first-order valence-corrected chi connectivity index (χ1v) is 12.3. The van der Waals surface area contributed by atoms with Gasteiger partial charge in [-0.05, 0) is 71.7 Å². The molecule has 1 aromatic heterocycles. The molecular weight excluding hydrogens is 414 g/mol. The van der Waals surface area contributed by atoms with E-state index in [1.165, 1.54) is 11.1 Å². The molecule has 3 N–H and O–H groups in total. The van der Waals surface area contributed by atoms with Crippen LogP contribution < -0.4 is 0 Å². The van der Waals surface area contributed by atoms with Crippen molar-refractivity contribution in [3.63, 3.8) is 0 Å². The van der Waals surface area contributed by atoms with Crippen molar-refractivity contribution in [1.29, 1.82) is 0 Å². The molecule has 5 aliphatic rings. The maximum Gasteiger partial charge on any atom is 0.0975 e. The lowest BCUT2D eigenvalue weighted by atomic mass is 9.58. The molecule has 2 aromatic rings. The summed E-state index contributed by atoms with van der Waals surface area (Å²) in [5.74, 6) is 0.235. The number of allylic oxidation sites excluding steroid dienone is 1. The quantitative estimate of drug-likeness (QED) is 0.622. The van der Waals surface area contributed by atoms with Crippen molar-refractivity contribution in [2.75, 3.05) is 0 Å². The number of pyridine rings is 1. The zero-order chi connectivity index (χ0) is 22.6. The molecule has 172 valence electrons. The first kappa shape index (κ1) is 20.3. The topological polar surface area (TPSA) is 82.8 Å². The van der Waals surface area contributed by atoms with Crippen molar-refractivity contribution in [3.8, 4) is 0 Å². The van der Waals surface area contributed by atoms with Crippen molar-refractivity contribution >= 4 is 10.8 Å². The second-order valence-electron chi connectivity index (χ2n) is 11.4. The summed E-state index contributed by atoms with van der Waals surface area (Å²) in [6, 6.07) is 8.55. The van der Waals surface area contributed by atoms with Gasteiger partial charge in [-0.15, -0.1) is 0 Å². The summed E-state index contributed by atoms with van der Waals surface area (Å²) in [5, 5.41) is 34.5. The van der Waals surface area contributed by atoms with Crippen LogP contribution in [-0.2, 0) is 4.74 Å². The molecule has 2 unspecified atom stereocenters. The zero-order valence-electron chi connectivity index (χ0n) is 18.9. The van der Waals surface area contributed by atoms with Gasteiger partial charge in [-0.2, -0.15) is 0 Å². The van der Waals surface area contributed by atoms with Crippen LogP contribution in [-0.4, -0.2) is 49.8 Å². The van der Waals surface area contributed by atoms with E-state index in [0.717, 1.165) is 35.6 Å².